The number of hydrogen-bond donors (Lipinski definition) is 0. The second-order valence-electron chi connectivity index (χ2n) is 3.95. The highest BCUT2D eigenvalue weighted by atomic mass is 35.5. The normalized spacial score (nSPS) is 11.7. The minimum absolute atomic E-state index is 0.182. The summed E-state index contributed by atoms with van der Waals surface area (Å²) in [5.74, 6) is -0.563. The lowest BCUT2D eigenvalue weighted by Gasteiger charge is -2.09. The number of alkyl halides is 3. The first-order chi connectivity index (χ1) is 8.20. The van der Waals surface area contributed by atoms with Gasteiger partial charge in [-0.2, -0.15) is 13.2 Å². The Balaban J connectivity index is 2.70. The van der Waals surface area contributed by atoms with Crippen LogP contribution in [0, 0.1) is 13.8 Å². The van der Waals surface area contributed by atoms with Crippen molar-refractivity contribution in [3.05, 3.63) is 33.8 Å². The second kappa shape index (κ2) is 5.71. The quantitative estimate of drug-likeness (QED) is 0.786. The molecule has 0 amide bonds. The summed E-state index contributed by atoms with van der Waals surface area (Å²) < 4.78 is 39.8. The van der Waals surface area contributed by atoms with Crippen LogP contribution in [0.4, 0.5) is 13.2 Å². The van der Waals surface area contributed by atoms with Gasteiger partial charge in [-0.25, -0.2) is 0 Å². The predicted octanol–water partition coefficient (Wildman–Crippen LogP) is 3.72. The van der Waals surface area contributed by atoms with E-state index in [-0.39, 0.29) is 10.6 Å². The van der Waals surface area contributed by atoms with Crippen LogP contribution in [0.25, 0.3) is 0 Å². The van der Waals surface area contributed by atoms with Crippen LogP contribution in [-0.2, 0) is 4.74 Å². The van der Waals surface area contributed by atoms with Crippen LogP contribution in [0.3, 0.4) is 0 Å². The van der Waals surface area contributed by atoms with Gasteiger partial charge in [-0.1, -0.05) is 11.6 Å². The first kappa shape index (κ1) is 15.0. The first-order valence-electron chi connectivity index (χ1n) is 5.15. The molecule has 0 saturated carbocycles. The molecule has 0 aliphatic rings. The van der Waals surface area contributed by atoms with E-state index in [0.29, 0.717) is 0 Å². The molecule has 0 aromatic heterocycles. The Hall–Kier alpha value is -1.07. The number of rotatable bonds is 4. The maximum absolute atomic E-state index is 11.8. The van der Waals surface area contributed by atoms with Gasteiger partial charge in [-0.15, -0.1) is 0 Å². The van der Waals surface area contributed by atoms with Crippen LogP contribution in [0.1, 0.15) is 21.5 Å². The lowest BCUT2D eigenvalue weighted by Crippen LogP contribution is -2.20. The summed E-state index contributed by atoms with van der Waals surface area (Å²) in [6.45, 7) is 1.54. The minimum Gasteiger partial charge on any atom is -0.364 e. The summed E-state index contributed by atoms with van der Waals surface area (Å²) in [7, 11) is 0. The summed E-state index contributed by atoms with van der Waals surface area (Å²) in [6, 6.07) is 3.16. The van der Waals surface area contributed by atoms with Crippen LogP contribution >= 0.6 is 11.6 Å². The van der Waals surface area contributed by atoms with Crippen molar-refractivity contribution >= 4 is 17.4 Å². The molecule has 0 radical (unpaired) electrons. The van der Waals surface area contributed by atoms with Gasteiger partial charge < -0.3 is 4.74 Å². The third-order valence-electron chi connectivity index (χ3n) is 2.38. The zero-order valence-electron chi connectivity index (χ0n) is 9.90. The average molecular weight is 281 g/mol. The number of hydrogen-bond acceptors (Lipinski definition) is 2. The smallest absolute Gasteiger partial charge is 0.364 e. The Labute approximate surface area is 108 Å². The van der Waals surface area contributed by atoms with Gasteiger partial charge in [0.2, 0.25) is 0 Å². The van der Waals surface area contributed by atoms with E-state index in [1.54, 1.807) is 19.1 Å². The molecule has 100 valence electrons. The summed E-state index contributed by atoms with van der Waals surface area (Å²) in [5.41, 5.74) is 1.94. The molecule has 2 nitrogen and oxygen atoms in total. The monoisotopic (exact) mass is 280 g/mol. The fourth-order valence-corrected chi connectivity index (χ4v) is 1.66. The highest BCUT2D eigenvalue weighted by molar-refractivity contribution is 6.34. The van der Waals surface area contributed by atoms with Crippen LogP contribution in [0.15, 0.2) is 12.1 Å². The van der Waals surface area contributed by atoms with Crippen molar-refractivity contribution in [1.82, 2.24) is 0 Å². The summed E-state index contributed by atoms with van der Waals surface area (Å²) in [4.78, 5) is 11.6. The van der Waals surface area contributed by atoms with E-state index >= 15 is 0 Å². The van der Waals surface area contributed by atoms with E-state index < -0.39 is 25.2 Å². The van der Waals surface area contributed by atoms with Gasteiger partial charge in [-0.3, -0.25) is 4.79 Å². The van der Waals surface area contributed by atoms with Crippen molar-refractivity contribution in [2.75, 3.05) is 13.2 Å². The zero-order valence-corrected chi connectivity index (χ0v) is 10.7. The largest absolute Gasteiger partial charge is 0.411 e. The first-order valence-corrected chi connectivity index (χ1v) is 5.53. The molecule has 1 aromatic carbocycles. The number of carbonyl (C=O) groups excluding carboxylic acids is 1. The Bertz CT molecular complexity index is 455. The molecule has 1 aromatic rings. The fraction of sp³-hybridized carbons (Fsp3) is 0.417. The number of Topliss-reactive ketones (excluding diaryl/α,β-unsaturated/α-hetero) is 1. The van der Waals surface area contributed by atoms with E-state index in [0.717, 1.165) is 11.1 Å². The Morgan fingerprint density at radius 3 is 2.39 bits per heavy atom. The van der Waals surface area contributed by atoms with Crippen LogP contribution in [0.5, 0.6) is 0 Å². The SMILES string of the molecule is Cc1cc(Cl)c(C(=O)COCC(F)(F)F)cc1C. The van der Waals surface area contributed by atoms with Crippen molar-refractivity contribution < 1.29 is 22.7 Å². The predicted molar refractivity (Wildman–Crippen MR) is 62.1 cm³/mol. The number of ketones is 1. The molecule has 0 spiro atoms. The molecule has 18 heavy (non-hydrogen) atoms. The molecular formula is C12H12ClF3O2. The topological polar surface area (TPSA) is 26.3 Å². The van der Waals surface area contributed by atoms with Crippen LogP contribution in [0.2, 0.25) is 5.02 Å². The molecule has 6 heteroatoms. The van der Waals surface area contributed by atoms with Crippen molar-refractivity contribution in [3.63, 3.8) is 0 Å². The molecule has 0 unspecified atom stereocenters. The van der Waals surface area contributed by atoms with Crippen molar-refractivity contribution in [1.29, 1.82) is 0 Å². The molecule has 0 saturated heterocycles. The van der Waals surface area contributed by atoms with E-state index in [1.807, 2.05) is 6.92 Å². The Morgan fingerprint density at radius 2 is 1.83 bits per heavy atom. The third-order valence-corrected chi connectivity index (χ3v) is 2.70. The average Bonchev–Trinajstić information content (AvgIpc) is 2.21. The maximum atomic E-state index is 11.8. The minimum atomic E-state index is -4.44. The molecule has 0 N–H and O–H groups in total. The van der Waals surface area contributed by atoms with Crippen LogP contribution < -0.4 is 0 Å². The second-order valence-corrected chi connectivity index (χ2v) is 4.35. The number of ether oxygens (including phenoxy) is 1. The molecule has 0 aliphatic carbocycles. The van der Waals surface area contributed by atoms with Gasteiger partial charge in [0.05, 0.1) is 5.02 Å². The van der Waals surface area contributed by atoms with Crippen molar-refractivity contribution in [2.24, 2.45) is 0 Å². The summed E-state index contributed by atoms with van der Waals surface area (Å²) in [6.07, 6.45) is -4.44. The van der Waals surface area contributed by atoms with Crippen molar-refractivity contribution in [2.45, 2.75) is 20.0 Å². The van der Waals surface area contributed by atoms with E-state index in [2.05, 4.69) is 4.74 Å². The third kappa shape index (κ3) is 4.31. The van der Waals surface area contributed by atoms with E-state index in [1.165, 1.54) is 0 Å². The Morgan fingerprint density at radius 1 is 1.28 bits per heavy atom. The highest BCUT2D eigenvalue weighted by Gasteiger charge is 2.28. The van der Waals surface area contributed by atoms with Gasteiger partial charge in [0.15, 0.2) is 5.78 Å². The van der Waals surface area contributed by atoms with Gasteiger partial charge in [0, 0.05) is 5.56 Å². The standard InChI is InChI=1S/C12H12ClF3O2/c1-7-3-9(10(13)4-8(7)2)11(17)5-18-6-12(14,15)16/h3-4H,5-6H2,1-2H3. The number of carbonyl (C=O) groups is 1. The molecular weight excluding hydrogens is 269 g/mol. The molecule has 0 aliphatic heterocycles. The summed E-state index contributed by atoms with van der Waals surface area (Å²) >= 11 is 5.87. The molecule has 0 bridgehead atoms. The van der Waals surface area contributed by atoms with Gasteiger partial charge in [0.1, 0.15) is 13.2 Å². The Kier molecular flexibility index (Phi) is 4.76. The van der Waals surface area contributed by atoms with Gasteiger partial charge >= 0.3 is 6.18 Å². The zero-order chi connectivity index (χ0) is 13.9. The van der Waals surface area contributed by atoms with Gasteiger partial charge in [0.25, 0.3) is 0 Å². The highest BCUT2D eigenvalue weighted by Crippen LogP contribution is 2.22. The molecule has 1 rings (SSSR count). The summed E-state index contributed by atoms with van der Waals surface area (Å²) in [5, 5.41) is 0.221. The lowest BCUT2D eigenvalue weighted by atomic mass is 10.0. The lowest BCUT2D eigenvalue weighted by molar-refractivity contribution is -0.170. The molecule has 0 atom stereocenters. The van der Waals surface area contributed by atoms with Crippen molar-refractivity contribution in [3.8, 4) is 0 Å². The molecule has 0 fully saturated rings. The van der Waals surface area contributed by atoms with Gasteiger partial charge in [-0.05, 0) is 37.1 Å². The fourth-order valence-electron chi connectivity index (χ4n) is 1.33. The number of halogens is 4. The van der Waals surface area contributed by atoms with E-state index in [9.17, 15) is 18.0 Å². The number of aryl methyl sites for hydroxylation is 2. The maximum Gasteiger partial charge on any atom is 0.411 e. The number of benzene rings is 1. The molecule has 0 heterocycles. The van der Waals surface area contributed by atoms with Crippen LogP contribution in [-0.4, -0.2) is 25.2 Å². The van der Waals surface area contributed by atoms with E-state index in [4.69, 9.17) is 11.6 Å².